The number of nitro groups is 1. The van der Waals surface area contributed by atoms with Crippen molar-refractivity contribution in [3.63, 3.8) is 0 Å². The molecule has 0 aliphatic rings. The molecule has 7 nitrogen and oxygen atoms in total. The van der Waals surface area contributed by atoms with Gasteiger partial charge in [0.15, 0.2) is 11.5 Å². The maximum Gasteiger partial charge on any atom is 0.269 e. The maximum absolute atomic E-state index is 10.8. The lowest BCUT2D eigenvalue weighted by Gasteiger charge is -2.14. The average molecular weight is 519 g/mol. The molecule has 166 valence electrons. The van der Waals surface area contributed by atoms with Gasteiger partial charge in [0.05, 0.1) is 28.8 Å². The SMILES string of the molecule is CCOc1cc(/C=N\NCc2ccc(Cl)cc2)cc(Br)c1OCc1ccc([N+](=O)[O-])cc1. The van der Waals surface area contributed by atoms with Crippen LogP contribution in [-0.2, 0) is 13.2 Å². The van der Waals surface area contributed by atoms with E-state index in [1.54, 1.807) is 18.3 Å². The van der Waals surface area contributed by atoms with Crippen molar-refractivity contribution >= 4 is 39.4 Å². The third-order valence-electron chi connectivity index (χ3n) is 4.36. The van der Waals surface area contributed by atoms with Gasteiger partial charge in [-0.3, -0.25) is 10.1 Å². The summed E-state index contributed by atoms with van der Waals surface area (Å²) < 4.78 is 12.4. The molecule has 0 fully saturated rings. The monoisotopic (exact) mass is 517 g/mol. The Hall–Kier alpha value is -3.10. The van der Waals surface area contributed by atoms with Crippen LogP contribution in [-0.4, -0.2) is 17.7 Å². The molecule has 0 aliphatic heterocycles. The fourth-order valence-corrected chi connectivity index (χ4v) is 3.49. The van der Waals surface area contributed by atoms with Crippen LogP contribution >= 0.6 is 27.5 Å². The molecular weight excluding hydrogens is 498 g/mol. The van der Waals surface area contributed by atoms with Crippen molar-refractivity contribution < 1.29 is 14.4 Å². The topological polar surface area (TPSA) is 86.0 Å². The molecule has 0 bridgehead atoms. The van der Waals surface area contributed by atoms with E-state index in [1.807, 2.05) is 43.3 Å². The predicted octanol–water partition coefficient (Wildman–Crippen LogP) is 6.11. The van der Waals surface area contributed by atoms with Crippen molar-refractivity contribution in [3.05, 3.63) is 97.0 Å². The standard InChI is InChI=1S/C23H21BrClN3O4/c1-2-31-22-12-18(14-27-26-13-16-3-7-19(25)8-4-16)11-21(24)23(22)32-15-17-5-9-20(10-6-17)28(29)30/h3-12,14,26H,2,13,15H2,1H3/b27-14-. The van der Waals surface area contributed by atoms with E-state index < -0.39 is 4.92 Å². The third kappa shape index (κ3) is 6.70. The van der Waals surface area contributed by atoms with Crippen LogP contribution in [0.5, 0.6) is 11.5 Å². The van der Waals surface area contributed by atoms with Gasteiger partial charge in [0.2, 0.25) is 0 Å². The molecule has 0 aromatic heterocycles. The first-order valence-electron chi connectivity index (χ1n) is 9.79. The van der Waals surface area contributed by atoms with E-state index in [9.17, 15) is 10.1 Å². The zero-order valence-electron chi connectivity index (χ0n) is 17.3. The summed E-state index contributed by atoms with van der Waals surface area (Å²) in [5, 5.41) is 15.8. The molecule has 0 radical (unpaired) electrons. The van der Waals surface area contributed by atoms with Gasteiger partial charge in [0.1, 0.15) is 6.61 Å². The average Bonchev–Trinajstić information content (AvgIpc) is 2.78. The van der Waals surface area contributed by atoms with Gasteiger partial charge in [-0.05, 0) is 75.9 Å². The minimum absolute atomic E-state index is 0.0400. The predicted molar refractivity (Wildman–Crippen MR) is 129 cm³/mol. The highest BCUT2D eigenvalue weighted by atomic mass is 79.9. The molecule has 0 saturated carbocycles. The molecular formula is C23H21BrClN3O4. The maximum atomic E-state index is 10.8. The minimum atomic E-state index is -0.432. The van der Waals surface area contributed by atoms with E-state index in [1.165, 1.54) is 12.1 Å². The largest absolute Gasteiger partial charge is 0.490 e. The molecule has 32 heavy (non-hydrogen) atoms. The molecule has 9 heteroatoms. The fraction of sp³-hybridized carbons (Fsp3) is 0.174. The molecule has 0 spiro atoms. The summed E-state index contributed by atoms with van der Waals surface area (Å²) in [5.74, 6) is 1.12. The molecule has 0 aliphatic carbocycles. The Labute approximate surface area is 199 Å². The summed E-state index contributed by atoms with van der Waals surface area (Å²) in [6.45, 7) is 3.18. The number of hydrogen-bond acceptors (Lipinski definition) is 6. The van der Waals surface area contributed by atoms with E-state index in [0.29, 0.717) is 34.1 Å². The van der Waals surface area contributed by atoms with Crippen LogP contribution in [0.15, 0.2) is 70.2 Å². The summed E-state index contributed by atoms with van der Waals surface area (Å²) >= 11 is 9.43. The first-order chi connectivity index (χ1) is 15.5. The Bertz CT molecular complexity index is 1090. The van der Waals surface area contributed by atoms with Crippen LogP contribution < -0.4 is 14.9 Å². The summed E-state index contributed by atoms with van der Waals surface area (Å²) in [4.78, 5) is 10.4. The van der Waals surface area contributed by atoms with Crippen LogP contribution in [0.2, 0.25) is 5.02 Å². The van der Waals surface area contributed by atoms with Gasteiger partial charge in [-0.2, -0.15) is 5.10 Å². The lowest BCUT2D eigenvalue weighted by molar-refractivity contribution is -0.384. The van der Waals surface area contributed by atoms with E-state index >= 15 is 0 Å². The quantitative estimate of drug-likeness (QED) is 0.199. The summed E-state index contributed by atoms with van der Waals surface area (Å²) in [6.07, 6.45) is 1.70. The molecule has 3 aromatic carbocycles. The van der Waals surface area contributed by atoms with Gasteiger partial charge in [0.25, 0.3) is 5.69 Å². The second kappa shape index (κ2) is 11.5. The Morgan fingerprint density at radius 1 is 1.09 bits per heavy atom. The summed E-state index contributed by atoms with van der Waals surface area (Å²) in [7, 11) is 0. The fourth-order valence-electron chi connectivity index (χ4n) is 2.79. The van der Waals surface area contributed by atoms with Crippen molar-refractivity contribution in [2.75, 3.05) is 6.61 Å². The first-order valence-corrected chi connectivity index (χ1v) is 11.0. The van der Waals surface area contributed by atoms with Gasteiger partial charge in [0, 0.05) is 17.2 Å². The normalized spacial score (nSPS) is 10.8. The second-order valence-electron chi connectivity index (χ2n) is 6.69. The summed E-state index contributed by atoms with van der Waals surface area (Å²) in [5.41, 5.74) is 5.75. The van der Waals surface area contributed by atoms with Gasteiger partial charge >= 0.3 is 0 Å². The third-order valence-corrected chi connectivity index (χ3v) is 5.20. The van der Waals surface area contributed by atoms with Gasteiger partial charge in [-0.15, -0.1) is 0 Å². The highest BCUT2D eigenvalue weighted by Crippen LogP contribution is 2.37. The Kier molecular flexibility index (Phi) is 8.47. The first kappa shape index (κ1) is 23.6. The van der Waals surface area contributed by atoms with Crippen LogP contribution in [0.4, 0.5) is 5.69 Å². The highest BCUT2D eigenvalue weighted by Gasteiger charge is 2.13. The van der Waals surface area contributed by atoms with Crippen molar-refractivity contribution in [2.45, 2.75) is 20.1 Å². The number of halogens is 2. The van der Waals surface area contributed by atoms with Crippen molar-refractivity contribution in [2.24, 2.45) is 5.10 Å². The number of benzene rings is 3. The number of hydrogen-bond donors (Lipinski definition) is 1. The van der Waals surface area contributed by atoms with Crippen molar-refractivity contribution in [3.8, 4) is 11.5 Å². The molecule has 1 N–H and O–H groups in total. The lowest BCUT2D eigenvalue weighted by Crippen LogP contribution is -2.06. The van der Waals surface area contributed by atoms with Crippen LogP contribution in [0, 0.1) is 10.1 Å². The van der Waals surface area contributed by atoms with Crippen LogP contribution in [0.3, 0.4) is 0 Å². The van der Waals surface area contributed by atoms with Gasteiger partial charge in [-0.25, -0.2) is 0 Å². The molecule has 0 unspecified atom stereocenters. The van der Waals surface area contributed by atoms with E-state index in [-0.39, 0.29) is 12.3 Å². The number of hydrazone groups is 1. The molecule has 3 aromatic rings. The number of rotatable bonds is 10. The second-order valence-corrected chi connectivity index (χ2v) is 7.99. The Morgan fingerprint density at radius 2 is 1.78 bits per heavy atom. The van der Waals surface area contributed by atoms with E-state index in [4.69, 9.17) is 21.1 Å². The highest BCUT2D eigenvalue weighted by molar-refractivity contribution is 9.10. The molecule has 0 heterocycles. The van der Waals surface area contributed by atoms with Crippen LogP contribution in [0.25, 0.3) is 0 Å². The molecule has 0 atom stereocenters. The lowest BCUT2D eigenvalue weighted by atomic mass is 10.2. The Morgan fingerprint density at radius 3 is 2.44 bits per heavy atom. The number of non-ortho nitro benzene ring substituents is 1. The Balaban J connectivity index is 1.66. The number of nitrogens with one attached hydrogen (secondary N) is 1. The molecule has 0 saturated heterocycles. The minimum Gasteiger partial charge on any atom is -0.490 e. The summed E-state index contributed by atoms with van der Waals surface area (Å²) in [6, 6.07) is 17.5. The van der Waals surface area contributed by atoms with Gasteiger partial charge in [-0.1, -0.05) is 23.7 Å². The van der Waals surface area contributed by atoms with E-state index in [0.717, 1.165) is 16.7 Å². The molecule has 3 rings (SSSR count). The smallest absolute Gasteiger partial charge is 0.269 e. The van der Waals surface area contributed by atoms with Gasteiger partial charge < -0.3 is 14.9 Å². The van der Waals surface area contributed by atoms with E-state index in [2.05, 4.69) is 26.5 Å². The zero-order chi connectivity index (χ0) is 22.9. The number of nitrogens with zero attached hydrogens (tertiary/aromatic N) is 2. The van der Waals surface area contributed by atoms with Crippen molar-refractivity contribution in [1.29, 1.82) is 0 Å². The molecule has 0 amide bonds. The van der Waals surface area contributed by atoms with Crippen LogP contribution in [0.1, 0.15) is 23.6 Å². The van der Waals surface area contributed by atoms with Crippen molar-refractivity contribution in [1.82, 2.24) is 5.43 Å². The number of nitro benzene ring substituents is 1. The zero-order valence-corrected chi connectivity index (χ0v) is 19.6. The number of ether oxygens (including phenoxy) is 2.